The molecule has 0 aromatic carbocycles. The van der Waals surface area contributed by atoms with Crippen LogP contribution in [0.4, 0.5) is 0 Å². The summed E-state index contributed by atoms with van der Waals surface area (Å²) in [6, 6.07) is 20.0. The molecule has 4 unspecified atom stereocenters. The van der Waals surface area contributed by atoms with Gasteiger partial charge in [-0.1, -0.05) is 210 Å². The SMILES string of the molecule is CC(C)(C)C1=CN=[N+]2CCCC12.CC(C)(C)C1=NN=[N+]2CCCC12.CC(C)(C)c1cnn2ccccc12.CC(C)(C)c1nnc2ccccn12.CC(C)(C)c1nnc2n1C(CO)CC2.CC(C)(C)c1nnc2n1CCC2.CC(C)(C)c1nnn2ccccc12.CC1CCc2nnc(C(C)(C)C)n21.CN1CCn2c(nnc2C(C)(C)C)C1. The minimum absolute atomic E-state index is 0.00299. The van der Waals surface area contributed by atoms with Crippen molar-refractivity contribution in [3.63, 3.8) is 0 Å². The molecule has 116 heavy (non-hydrogen) atoms. The quantitative estimate of drug-likeness (QED) is 0.150. The molecular formula is C89H140N26O+2. The van der Waals surface area contributed by atoms with Gasteiger partial charge in [-0.05, 0) is 92.0 Å². The molecule has 0 saturated carbocycles. The van der Waals surface area contributed by atoms with E-state index in [4.69, 9.17) is 0 Å². The highest BCUT2D eigenvalue weighted by Crippen LogP contribution is 2.39. The third-order valence-corrected chi connectivity index (χ3v) is 21.9. The van der Waals surface area contributed by atoms with E-state index in [0.717, 1.165) is 128 Å². The van der Waals surface area contributed by atoms with Crippen LogP contribution in [0, 0.1) is 10.8 Å². The molecule has 2 fully saturated rings. The number of hydrogen-bond donors (Lipinski definition) is 1. The van der Waals surface area contributed by atoms with E-state index in [2.05, 4.69) is 328 Å². The topological polar surface area (TPSA) is 267 Å². The summed E-state index contributed by atoms with van der Waals surface area (Å²) >= 11 is 0. The lowest BCUT2D eigenvalue weighted by molar-refractivity contribution is -0.591. The summed E-state index contributed by atoms with van der Waals surface area (Å²) in [5, 5.41) is 76.7. The number of hydrogen-bond acceptors (Lipinski definition) is 18. The summed E-state index contributed by atoms with van der Waals surface area (Å²) in [5.41, 5.74) is 9.44. The molecule has 0 spiro atoms. The largest absolute Gasteiger partial charge is 0.394 e. The van der Waals surface area contributed by atoms with Crippen LogP contribution in [0.25, 0.3) is 16.7 Å². The van der Waals surface area contributed by atoms with E-state index in [1.165, 1.54) is 66.7 Å². The molecule has 0 radical (unpaired) electrons. The van der Waals surface area contributed by atoms with Crippen molar-refractivity contribution in [2.24, 2.45) is 26.3 Å². The van der Waals surface area contributed by atoms with Crippen LogP contribution in [0.3, 0.4) is 0 Å². The average molecular weight is 1590 g/mol. The van der Waals surface area contributed by atoms with Crippen LogP contribution in [0.5, 0.6) is 0 Å². The van der Waals surface area contributed by atoms with E-state index >= 15 is 0 Å². The van der Waals surface area contributed by atoms with Gasteiger partial charge in [0.2, 0.25) is 11.8 Å². The molecule has 0 bridgehead atoms. The van der Waals surface area contributed by atoms with Crippen LogP contribution >= 0.6 is 0 Å². The number of azo groups is 2. The molecule has 0 aliphatic carbocycles. The lowest BCUT2D eigenvalue weighted by Gasteiger charge is -2.26. The number of likely N-dealkylation sites (N-methyl/N-ethyl adjacent to an activating group) is 1. The molecule has 10 aromatic rings. The Kier molecular flexibility index (Phi) is 27.2. The van der Waals surface area contributed by atoms with Gasteiger partial charge < -0.3 is 23.4 Å². The van der Waals surface area contributed by atoms with Crippen molar-refractivity contribution in [2.45, 2.75) is 340 Å². The summed E-state index contributed by atoms with van der Waals surface area (Å²) in [6.45, 7) is 67.8. The van der Waals surface area contributed by atoms with Gasteiger partial charge in [-0.15, -0.1) is 60.8 Å². The fourth-order valence-corrected chi connectivity index (χ4v) is 15.8. The van der Waals surface area contributed by atoms with Crippen molar-refractivity contribution >= 4 is 22.4 Å². The van der Waals surface area contributed by atoms with Crippen LogP contribution in [-0.2, 0) is 76.8 Å². The molecule has 10 aromatic heterocycles. The van der Waals surface area contributed by atoms with Gasteiger partial charge >= 0.3 is 0 Å². The molecule has 2 saturated heterocycles. The van der Waals surface area contributed by atoms with Crippen molar-refractivity contribution in [1.29, 1.82) is 0 Å². The summed E-state index contributed by atoms with van der Waals surface area (Å²) < 4.78 is 19.1. The van der Waals surface area contributed by atoms with Crippen molar-refractivity contribution in [3.8, 4) is 0 Å². The van der Waals surface area contributed by atoms with E-state index < -0.39 is 0 Å². The number of aromatic nitrogens is 20. The molecule has 630 valence electrons. The molecule has 1 N–H and O–H groups in total. The number of aliphatic hydroxyl groups is 1. The molecule has 0 amide bonds. The molecule has 8 aliphatic heterocycles. The van der Waals surface area contributed by atoms with Gasteiger partial charge in [0.15, 0.2) is 18.2 Å². The number of fused-ring (bicyclic) bond motifs is 9. The highest BCUT2D eigenvalue weighted by atomic mass is 16.3. The van der Waals surface area contributed by atoms with E-state index in [0.29, 0.717) is 23.5 Å². The molecule has 27 nitrogen and oxygen atoms in total. The van der Waals surface area contributed by atoms with Crippen molar-refractivity contribution < 1.29 is 14.5 Å². The molecule has 27 heteroatoms. The van der Waals surface area contributed by atoms with Crippen LogP contribution in [0.15, 0.2) is 107 Å². The first-order valence-corrected chi connectivity index (χ1v) is 42.4. The third kappa shape index (κ3) is 21.5. The maximum absolute atomic E-state index is 9.24. The molecule has 18 rings (SSSR count). The fourth-order valence-electron chi connectivity index (χ4n) is 15.8. The van der Waals surface area contributed by atoms with E-state index in [1.807, 2.05) is 82.2 Å². The normalized spacial score (nSPS) is 18.9. The van der Waals surface area contributed by atoms with Gasteiger partial charge in [-0.3, -0.25) is 9.30 Å². The second kappa shape index (κ2) is 35.3. The smallest absolute Gasteiger partial charge is 0.209 e. The Morgan fingerprint density at radius 1 is 0.440 bits per heavy atom. The van der Waals surface area contributed by atoms with Crippen LogP contribution in [0.1, 0.15) is 315 Å². The average Bonchev–Trinajstić information content (AvgIpc) is 1.62. The standard InChI is InChI=1S/C11H14N2.C10H18N4.C10H17N3O.C10H17N3.2C10H13N3.C10H17N2.C9H15N3.C9H16N3/c1-11(2,3)9-8-12-13-7-5-4-6-10(9)13;1-10(2,3)9-12-11-8-7-13(4)5-6-14(8)9;1-10(2,3)9-12-11-8-5-4-7(6-14)13(8)9;1-7-5-6-8-11-12-9(13(7)8)10(2,3)4;1-10(2,3)9-12-11-8-6-4-5-7-13(8)9;1-10(2,3)9-8-6-4-5-7-13(8)12-11-9;1-10(2,3)8-7-11-12-6-4-5-9(8)12;1-9(2,3)8-11-10-7-5-4-6-12(7)8;1-9(2,3)8-7-5-4-6-12(7)11-10-8/h4-8H,1-3H3;5-7H2,1-4H3;7,14H,4-6H2,1-3H3;7H,5-6H2,1-4H3;2*4-7H,1-3H3;7,9H,4-6H2,1-3H3;4-6H2,1-3H3;7H,4-6H2,1-3H3/q;;;;;;+1;;+1. The van der Waals surface area contributed by atoms with E-state index in [-0.39, 0.29) is 56.0 Å². The number of pyridine rings is 3. The van der Waals surface area contributed by atoms with Gasteiger partial charge in [0.05, 0.1) is 47.2 Å². The summed E-state index contributed by atoms with van der Waals surface area (Å²) in [7, 11) is 2.12. The molecule has 18 heterocycles. The maximum atomic E-state index is 9.24. The van der Waals surface area contributed by atoms with Crippen LogP contribution in [0.2, 0.25) is 0 Å². The Hall–Kier alpha value is -8.98. The summed E-state index contributed by atoms with van der Waals surface area (Å²) in [4.78, 5) is 2.27. The highest BCUT2D eigenvalue weighted by molar-refractivity contribution is 5.93. The van der Waals surface area contributed by atoms with Gasteiger partial charge in [-0.25, -0.2) is 9.03 Å². The van der Waals surface area contributed by atoms with Crippen molar-refractivity contribution in [2.75, 3.05) is 33.3 Å². The summed E-state index contributed by atoms with van der Waals surface area (Å²) in [5.74, 6) is 9.82. The minimum atomic E-state index is 0.00299. The minimum Gasteiger partial charge on any atom is -0.394 e. The monoisotopic (exact) mass is 1590 g/mol. The first-order chi connectivity index (χ1) is 54.0. The molecule has 8 aliphatic rings. The second-order valence-corrected chi connectivity index (χ2v) is 41.6. The Morgan fingerprint density at radius 2 is 0.966 bits per heavy atom. The maximum Gasteiger partial charge on any atom is 0.209 e. The van der Waals surface area contributed by atoms with Crippen molar-refractivity contribution in [3.05, 3.63) is 155 Å². The lowest BCUT2D eigenvalue weighted by Crippen LogP contribution is -2.33. The predicted molar refractivity (Wildman–Crippen MR) is 460 cm³/mol. The fraction of sp³-hybridized carbons (Fsp3) is 0.663. The van der Waals surface area contributed by atoms with Crippen LogP contribution < -0.4 is 0 Å². The van der Waals surface area contributed by atoms with Gasteiger partial charge in [0.25, 0.3) is 0 Å². The molecular weight excluding hydrogens is 1450 g/mol. The van der Waals surface area contributed by atoms with E-state index in [1.54, 1.807) is 4.52 Å². The van der Waals surface area contributed by atoms with Crippen molar-refractivity contribution in [1.82, 2.24) is 103 Å². The lowest BCUT2D eigenvalue weighted by atomic mass is 9.82. The van der Waals surface area contributed by atoms with Gasteiger partial charge in [0.1, 0.15) is 70.4 Å². The predicted octanol–water partition coefficient (Wildman–Crippen LogP) is 17.0. The summed E-state index contributed by atoms with van der Waals surface area (Å²) in [6.07, 6.45) is 21.6. The number of aliphatic hydroxyl groups excluding tert-OH is 1. The number of rotatable bonds is 1. The van der Waals surface area contributed by atoms with Gasteiger partial charge in [-0.2, -0.15) is 9.80 Å². The first-order valence-electron chi connectivity index (χ1n) is 42.4. The molecule has 4 atom stereocenters. The number of nitrogens with zero attached hydrogens (tertiary/aromatic N) is 26. The zero-order chi connectivity index (χ0) is 85.1. The Balaban J connectivity index is 0.000000138. The first kappa shape index (κ1) is 89.4. The Labute approximate surface area is 690 Å². The zero-order valence-electron chi connectivity index (χ0n) is 76.0. The van der Waals surface area contributed by atoms with E-state index in [9.17, 15) is 5.11 Å². The number of aryl methyl sites for hydroxylation is 3. The Bertz CT molecular complexity index is 4800. The third-order valence-electron chi connectivity index (χ3n) is 21.9. The second-order valence-electron chi connectivity index (χ2n) is 41.6. The highest BCUT2D eigenvalue weighted by Gasteiger charge is 2.45. The van der Waals surface area contributed by atoms with Crippen LogP contribution in [-0.4, -0.2) is 169 Å². The Morgan fingerprint density at radius 3 is 1.56 bits per heavy atom. The zero-order valence-corrected chi connectivity index (χ0v) is 76.0. The van der Waals surface area contributed by atoms with Gasteiger partial charge in [0, 0.05) is 132 Å².